The minimum atomic E-state index is -0.388. The van der Waals surface area contributed by atoms with Gasteiger partial charge in [-0.05, 0) is 62.4 Å². The number of benzene rings is 2. The summed E-state index contributed by atoms with van der Waals surface area (Å²) in [6.45, 7) is 3.90. The number of rotatable bonds is 5. The molecule has 29 heavy (non-hydrogen) atoms. The van der Waals surface area contributed by atoms with Crippen LogP contribution in [0.15, 0.2) is 59.7 Å². The number of hydrazone groups is 1. The Hall–Kier alpha value is -3.38. The van der Waals surface area contributed by atoms with Crippen molar-refractivity contribution in [3.05, 3.63) is 87.7 Å². The molecule has 1 amide bonds. The third-order valence-electron chi connectivity index (χ3n) is 4.47. The first kappa shape index (κ1) is 20.4. The molecule has 1 aromatic heterocycles. The molecule has 3 aromatic rings. The molecule has 0 spiro atoms. The van der Waals surface area contributed by atoms with Crippen molar-refractivity contribution in [1.82, 2.24) is 9.99 Å². The van der Waals surface area contributed by atoms with E-state index in [1.807, 2.05) is 30.5 Å². The second kappa shape index (κ2) is 8.75. The summed E-state index contributed by atoms with van der Waals surface area (Å²) in [4.78, 5) is 24.0. The zero-order valence-electron chi connectivity index (χ0n) is 16.3. The Bertz CT molecular complexity index is 1090. The van der Waals surface area contributed by atoms with E-state index in [1.165, 1.54) is 7.11 Å². The molecule has 0 saturated heterocycles. The van der Waals surface area contributed by atoms with E-state index in [9.17, 15) is 9.59 Å². The summed E-state index contributed by atoms with van der Waals surface area (Å²) >= 11 is 5.83. The highest BCUT2D eigenvalue weighted by molar-refractivity contribution is 6.30. The topological polar surface area (TPSA) is 72.7 Å². The average molecular weight is 410 g/mol. The molecule has 2 aromatic carbocycles. The van der Waals surface area contributed by atoms with Crippen molar-refractivity contribution in [3.8, 4) is 5.69 Å². The summed E-state index contributed by atoms with van der Waals surface area (Å²) in [7, 11) is 1.36. The second-order valence-electron chi connectivity index (χ2n) is 6.41. The van der Waals surface area contributed by atoms with E-state index in [1.54, 1.807) is 48.7 Å². The lowest BCUT2D eigenvalue weighted by Crippen LogP contribution is -2.17. The van der Waals surface area contributed by atoms with E-state index in [0.29, 0.717) is 16.1 Å². The molecule has 1 heterocycles. The normalized spacial score (nSPS) is 10.9. The number of aryl methyl sites for hydroxylation is 1. The van der Waals surface area contributed by atoms with Gasteiger partial charge in [-0.15, -0.1) is 0 Å². The number of amides is 1. The van der Waals surface area contributed by atoms with Gasteiger partial charge in [0.1, 0.15) is 0 Å². The quantitative estimate of drug-likeness (QED) is 0.388. The molecular formula is C22H20ClN3O3. The zero-order chi connectivity index (χ0) is 21.0. The molecule has 0 bridgehead atoms. The van der Waals surface area contributed by atoms with Gasteiger partial charge in [-0.1, -0.05) is 17.7 Å². The average Bonchev–Trinajstić information content (AvgIpc) is 3.01. The number of hydrogen-bond acceptors (Lipinski definition) is 4. The number of aromatic nitrogens is 1. The second-order valence-corrected chi connectivity index (χ2v) is 6.85. The van der Waals surface area contributed by atoms with Gasteiger partial charge in [0.15, 0.2) is 0 Å². The molecule has 7 heteroatoms. The van der Waals surface area contributed by atoms with Crippen molar-refractivity contribution in [2.24, 2.45) is 5.10 Å². The van der Waals surface area contributed by atoms with Crippen molar-refractivity contribution in [1.29, 1.82) is 0 Å². The van der Waals surface area contributed by atoms with E-state index in [2.05, 4.69) is 10.5 Å². The Labute approximate surface area is 173 Å². The highest BCUT2D eigenvalue weighted by atomic mass is 35.5. The van der Waals surface area contributed by atoms with Crippen molar-refractivity contribution in [3.63, 3.8) is 0 Å². The summed E-state index contributed by atoms with van der Waals surface area (Å²) in [5.41, 5.74) is 7.04. The van der Waals surface area contributed by atoms with Crippen LogP contribution in [0.25, 0.3) is 5.69 Å². The summed E-state index contributed by atoms with van der Waals surface area (Å²) < 4.78 is 6.80. The lowest BCUT2D eigenvalue weighted by atomic mass is 10.2. The van der Waals surface area contributed by atoms with Crippen LogP contribution in [0.4, 0.5) is 0 Å². The number of carbonyl (C=O) groups excluding carboxylic acids is 2. The van der Waals surface area contributed by atoms with E-state index in [4.69, 9.17) is 16.3 Å². The number of carbonyl (C=O) groups is 2. The van der Waals surface area contributed by atoms with Crippen molar-refractivity contribution in [2.45, 2.75) is 13.8 Å². The largest absolute Gasteiger partial charge is 0.465 e. The number of nitrogens with zero attached hydrogens (tertiary/aromatic N) is 2. The number of methoxy groups -OCH3 is 1. The fourth-order valence-electron chi connectivity index (χ4n) is 3.03. The third kappa shape index (κ3) is 4.55. The lowest BCUT2D eigenvalue weighted by Gasteiger charge is -2.10. The van der Waals surface area contributed by atoms with Gasteiger partial charge in [0.2, 0.25) is 0 Å². The molecule has 3 rings (SSSR count). The predicted octanol–water partition coefficient (Wildman–Crippen LogP) is 4.30. The Kier molecular flexibility index (Phi) is 6.14. The van der Waals surface area contributed by atoms with Gasteiger partial charge in [-0.25, -0.2) is 10.2 Å². The molecule has 148 valence electrons. The zero-order valence-corrected chi connectivity index (χ0v) is 17.0. The van der Waals surface area contributed by atoms with Gasteiger partial charge in [-0.2, -0.15) is 5.10 Å². The highest BCUT2D eigenvalue weighted by Gasteiger charge is 2.12. The number of hydrogen-bond donors (Lipinski definition) is 1. The SMILES string of the molecule is COC(=O)c1cccc(-n2c(C)cc(/C=N\NC(=O)c3ccc(Cl)cc3)c2C)c1. The first-order valence-electron chi connectivity index (χ1n) is 8.87. The van der Waals surface area contributed by atoms with Crippen LogP contribution in [0.5, 0.6) is 0 Å². The molecule has 0 aliphatic heterocycles. The molecular weight excluding hydrogens is 390 g/mol. The van der Waals surface area contributed by atoms with Crippen LogP contribution in [-0.2, 0) is 4.74 Å². The summed E-state index contributed by atoms with van der Waals surface area (Å²) in [6, 6.07) is 15.7. The van der Waals surface area contributed by atoms with Crippen LogP contribution >= 0.6 is 11.6 Å². The minimum Gasteiger partial charge on any atom is -0.465 e. The van der Waals surface area contributed by atoms with E-state index in [-0.39, 0.29) is 11.9 Å². The molecule has 0 saturated carbocycles. The van der Waals surface area contributed by atoms with Crippen LogP contribution < -0.4 is 5.43 Å². The minimum absolute atomic E-state index is 0.322. The maximum absolute atomic E-state index is 12.1. The molecule has 0 fully saturated rings. The number of nitrogens with one attached hydrogen (secondary N) is 1. The number of ether oxygens (including phenoxy) is 1. The van der Waals surface area contributed by atoms with Crippen LogP contribution in [-0.4, -0.2) is 29.8 Å². The Morgan fingerprint density at radius 2 is 1.79 bits per heavy atom. The van der Waals surface area contributed by atoms with Crippen molar-refractivity contribution < 1.29 is 14.3 Å². The van der Waals surface area contributed by atoms with Crippen LogP contribution in [0, 0.1) is 13.8 Å². The van der Waals surface area contributed by atoms with Crippen LogP contribution in [0.1, 0.15) is 37.7 Å². The lowest BCUT2D eigenvalue weighted by molar-refractivity contribution is 0.0600. The first-order valence-corrected chi connectivity index (χ1v) is 9.25. The maximum Gasteiger partial charge on any atom is 0.337 e. The third-order valence-corrected chi connectivity index (χ3v) is 4.72. The molecule has 0 radical (unpaired) electrons. The van der Waals surface area contributed by atoms with Gasteiger partial charge < -0.3 is 9.30 Å². The van der Waals surface area contributed by atoms with Crippen molar-refractivity contribution in [2.75, 3.05) is 7.11 Å². The monoisotopic (exact) mass is 409 g/mol. The standard InChI is InChI=1S/C22H20ClN3O3/c1-14-11-18(13-24-25-21(27)16-7-9-19(23)10-8-16)15(2)26(14)20-6-4-5-17(12-20)22(28)29-3/h4-13H,1-3H3,(H,25,27)/b24-13-. The molecule has 6 nitrogen and oxygen atoms in total. The smallest absolute Gasteiger partial charge is 0.337 e. The van der Waals surface area contributed by atoms with E-state index < -0.39 is 0 Å². The fraction of sp³-hybridized carbons (Fsp3) is 0.136. The highest BCUT2D eigenvalue weighted by Crippen LogP contribution is 2.21. The Balaban J connectivity index is 1.81. The summed E-state index contributed by atoms with van der Waals surface area (Å²) in [5.74, 6) is -0.710. The molecule has 0 aliphatic rings. The Morgan fingerprint density at radius 1 is 1.07 bits per heavy atom. The van der Waals surface area contributed by atoms with Gasteiger partial charge in [0, 0.05) is 33.2 Å². The van der Waals surface area contributed by atoms with Gasteiger partial charge in [0.05, 0.1) is 18.9 Å². The molecule has 0 atom stereocenters. The summed E-state index contributed by atoms with van der Waals surface area (Å²) in [5, 5.41) is 4.63. The number of halogens is 1. The maximum atomic E-state index is 12.1. The van der Waals surface area contributed by atoms with Crippen LogP contribution in [0.3, 0.4) is 0 Å². The van der Waals surface area contributed by atoms with Crippen molar-refractivity contribution >= 4 is 29.7 Å². The number of esters is 1. The molecule has 0 aliphatic carbocycles. The van der Waals surface area contributed by atoms with E-state index >= 15 is 0 Å². The predicted molar refractivity (Wildman–Crippen MR) is 113 cm³/mol. The molecule has 1 N–H and O–H groups in total. The first-order chi connectivity index (χ1) is 13.9. The Morgan fingerprint density at radius 3 is 2.48 bits per heavy atom. The van der Waals surface area contributed by atoms with Crippen LogP contribution in [0.2, 0.25) is 5.02 Å². The fourth-order valence-corrected chi connectivity index (χ4v) is 3.16. The molecule has 0 unspecified atom stereocenters. The van der Waals surface area contributed by atoms with E-state index in [0.717, 1.165) is 22.6 Å². The van der Waals surface area contributed by atoms with Gasteiger partial charge in [-0.3, -0.25) is 4.79 Å². The summed E-state index contributed by atoms with van der Waals surface area (Å²) in [6.07, 6.45) is 1.59. The van der Waals surface area contributed by atoms with Gasteiger partial charge in [0.25, 0.3) is 5.91 Å². The van der Waals surface area contributed by atoms with Gasteiger partial charge >= 0.3 is 5.97 Å².